The zero-order valence-electron chi connectivity index (χ0n) is 9.59. The fourth-order valence-corrected chi connectivity index (χ4v) is 1.09. The monoisotopic (exact) mass is 268 g/mol. The summed E-state index contributed by atoms with van der Waals surface area (Å²) in [6, 6.07) is 9.75. The van der Waals surface area contributed by atoms with Gasteiger partial charge in [0.05, 0.1) is 10.6 Å². The quantitative estimate of drug-likeness (QED) is 0.646. The number of nitro benzene ring substituents is 1. The van der Waals surface area contributed by atoms with Crippen LogP contribution in [0.25, 0.3) is 0 Å². The smallest absolute Gasteiger partial charge is 0.269 e. The molecule has 7 heteroatoms. The number of nitrogens with zero attached hydrogens (tertiary/aromatic N) is 1. The molecule has 0 fully saturated rings. The Morgan fingerprint density at radius 3 is 1.74 bits per heavy atom. The molecule has 0 bridgehead atoms. The van der Waals surface area contributed by atoms with Gasteiger partial charge in [-0.3, -0.25) is 20.8 Å². The molecule has 0 saturated carbocycles. The highest BCUT2D eigenvalue weighted by Crippen LogP contribution is 2.10. The number of benzene rings is 2. The number of hydrogen-bond acceptors (Lipinski definition) is 4. The minimum atomic E-state index is -0.570. The summed E-state index contributed by atoms with van der Waals surface area (Å²) < 4.78 is 24.2. The van der Waals surface area contributed by atoms with Crippen molar-refractivity contribution in [1.29, 1.82) is 0 Å². The van der Waals surface area contributed by atoms with E-state index >= 15 is 0 Å². The van der Waals surface area contributed by atoms with Crippen LogP contribution < -0.4 is 5.48 Å². The maximum absolute atomic E-state index is 12.1. The van der Waals surface area contributed by atoms with Gasteiger partial charge in [-0.1, -0.05) is 0 Å². The topological polar surface area (TPSA) is 75.4 Å². The predicted molar refractivity (Wildman–Crippen MR) is 64.9 cm³/mol. The van der Waals surface area contributed by atoms with Crippen molar-refractivity contribution >= 4 is 11.4 Å². The van der Waals surface area contributed by atoms with Gasteiger partial charge in [0.1, 0.15) is 11.6 Å². The van der Waals surface area contributed by atoms with Crippen LogP contribution in [0.3, 0.4) is 0 Å². The average molecular weight is 268 g/mol. The molecular weight excluding hydrogens is 258 g/mol. The molecule has 0 amide bonds. The van der Waals surface area contributed by atoms with E-state index in [2.05, 4.69) is 0 Å². The average Bonchev–Trinajstić information content (AvgIpc) is 2.41. The Morgan fingerprint density at radius 1 is 0.947 bits per heavy atom. The van der Waals surface area contributed by atoms with E-state index < -0.39 is 10.7 Å². The third-order valence-electron chi connectivity index (χ3n) is 2.01. The second-order valence-electron chi connectivity index (χ2n) is 3.35. The van der Waals surface area contributed by atoms with Crippen LogP contribution in [0.1, 0.15) is 0 Å². The molecular formula is C12H10F2N2O3. The van der Waals surface area contributed by atoms with E-state index in [0.29, 0.717) is 5.69 Å². The first kappa shape index (κ1) is 14.5. The van der Waals surface area contributed by atoms with Crippen LogP contribution in [0.15, 0.2) is 48.5 Å². The molecule has 2 N–H and O–H groups in total. The van der Waals surface area contributed by atoms with Crippen molar-refractivity contribution in [2.45, 2.75) is 0 Å². The number of hydrogen-bond donors (Lipinski definition) is 2. The van der Waals surface area contributed by atoms with Crippen LogP contribution in [0.5, 0.6) is 0 Å². The Hall–Kier alpha value is -2.54. The Kier molecular flexibility index (Phi) is 5.36. The summed E-state index contributed by atoms with van der Waals surface area (Å²) in [5, 5.41) is 18.3. The lowest BCUT2D eigenvalue weighted by Crippen LogP contribution is -1.87. The summed E-state index contributed by atoms with van der Waals surface area (Å²) in [5.74, 6) is -0.778. The van der Waals surface area contributed by atoms with Gasteiger partial charge in [-0.15, -0.1) is 0 Å². The number of nitrogens with one attached hydrogen (secondary N) is 1. The number of anilines is 1. The molecule has 2 aromatic rings. The van der Waals surface area contributed by atoms with Gasteiger partial charge < -0.3 is 0 Å². The van der Waals surface area contributed by atoms with E-state index in [-0.39, 0.29) is 11.5 Å². The zero-order chi connectivity index (χ0) is 14.3. The van der Waals surface area contributed by atoms with Crippen molar-refractivity contribution in [1.82, 2.24) is 0 Å². The molecule has 19 heavy (non-hydrogen) atoms. The molecule has 2 aromatic carbocycles. The molecule has 0 atom stereocenters. The number of rotatable bonds is 2. The van der Waals surface area contributed by atoms with Gasteiger partial charge in [-0.2, -0.15) is 0 Å². The molecule has 0 aliphatic rings. The van der Waals surface area contributed by atoms with E-state index in [1.807, 2.05) is 5.48 Å². The summed E-state index contributed by atoms with van der Waals surface area (Å²) >= 11 is 0. The van der Waals surface area contributed by atoms with Gasteiger partial charge in [-0.25, -0.2) is 8.78 Å². The third-order valence-corrected chi connectivity index (χ3v) is 2.01. The lowest BCUT2D eigenvalue weighted by atomic mass is 10.3. The van der Waals surface area contributed by atoms with Gasteiger partial charge in [-0.05, 0) is 36.4 Å². The van der Waals surface area contributed by atoms with Gasteiger partial charge in [0.15, 0.2) is 0 Å². The molecule has 100 valence electrons. The molecule has 0 aromatic heterocycles. The lowest BCUT2D eigenvalue weighted by molar-refractivity contribution is -0.384. The summed E-state index contributed by atoms with van der Waals surface area (Å²) in [4.78, 5) is 9.43. The van der Waals surface area contributed by atoms with Crippen molar-refractivity contribution in [2.24, 2.45) is 0 Å². The minimum Gasteiger partial charge on any atom is -0.291 e. The molecule has 0 unspecified atom stereocenters. The number of non-ortho nitro benzene ring substituents is 1. The summed E-state index contributed by atoms with van der Waals surface area (Å²) in [6.07, 6.45) is 0. The zero-order valence-corrected chi connectivity index (χ0v) is 9.59. The molecule has 0 saturated heterocycles. The van der Waals surface area contributed by atoms with Crippen molar-refractivity contribution in [3.05, 3.63) is 70.3 Å². The normalized spacial score (nSPS) is 9.21. The summed E-state index contributed by atoms with van der Waals surface area (Å²) in [5.41, 5.74) is 2.27. The lowest BCUT2D eigenvalue weighted by Gasteiger charge is -1.94. The second kappa shape index (κ2) is 7.02. The first-order valence-electron chi connectivity index (χ1n) is 5.08. The van der Waals surface area contributed by atoms with E-state index in [0.717, 1.165) is 24.3 Å². The number of halogens is 2. The molecule has 0 spiro atoms. The SMILES string of the molecule is O=[N+]([O-])c1ccc(F)cc1.ONc1ccc(F)cc1. The Balaban J connectivity index is 0.000000191. The van der Waals surface area contributed by atoms with Crippen LogP contribution >= 0.6 is 0 Å². The maximum atomic E-state index is 12.1. The van der Waals surface area contributed by atoms with Gasteiger partial charge >= 0.3 is 0 Å². The summed E-state index contributed by atoms with van der Waals surface area (Å²) in [7, 11) is 0. The van der Waals surface area contributed by atoms with Crippen LogP contribution in [0, 0.1) is 21.7 Å². The first-order valence-corrected chi connectivity index (χ1v) is 5.08. The molecule has 0 aliphatic heterocycles. The maximum Gasteiger partial charge on any atom is 0.269 e. The van der Waals surface area contributed by atoms with Crippen molar-refractivity contribution in [2.75, 3.05) is 5.48 Å². The van der Waals surface area contributed by atoms with Crippen molar-refractivity contribution in [3.8, 4) is 0 Å². The largest absolute Gasteiger partial charge is 0.291 e. The second-order valence-corrected chi connectivity index (χ2v) is 3.35. The van der Waals surface area contributed by atoms with Crippen LogP contribution in [-0.2, 0) is 0 Å². The Labute approximate surface area is 107 Å². The Bertz CT molecular complexity index is 530. The van der Waals surface area contributed by atoms with Crippen molar-refractivity contribution < 1.29 is 18.9 Å². The van der Waals surface area contributed by atoms with Crippen molar-refractivity contribution in [3.63, 3.8) is 0 Å². The molecule has 0 heterocycles. The first-order chi connectivity index (χ1) is 9.02. The van der Waals surface area contributed by atoms with Gasteiger partial charge in [0.2, 0.25) is 0 Å². The van der Waals surface area contributed by atoms with Crippen LogP contribution in [-0.4, -0.2) is 10.1 Å². The fourth-order valence-electron chi connectivity index (χ4n) is 1.09. The highest BCUT2D eigenvalue weighted by atomic mass is 19.1. The van der Waals surface area contributed by atoms with Crippen LogP contribution in [0.4, 0.5) is 20.2 Å². The fraction of sp³-hybridized carbons (Fsp3) is 0. The molecule has 2 rings (SSSR count). The highest BCUT2D eigenvalue weighted by Gasteiger charge is 2.02. The van der Waals surface area contributed by atoms with Gasteiger partial charge in [0.25, 0.3) is 5.69 Å². The Morgan fingerprint density at radius 2 is 1.37 bits per heavy atom. The van der Waals surface area contributed by atoms with E-state index in [1.165, 1.54) is 24.3 Å². The molecule has 0 aliphatic carbocycles. The van der Waals surface area contributed by atoms with E-state index in [4.69, 9.17) is 5.21 Å². The van der Waals surface area contributed by atoms with Crippen LogP contribution in [0.2, 0.25) is 0 Å². The molecule has 5 nitrogen and oxygen atoms in total. The van der Waals surface area contributed by atoms with Gasteiger partial charge in [0, 0.05) is 12.1 Å². The third kappa shape index (κ3) is 5.09. The molecule has 0 radical (unpaired) electrons. The predicted octanol–water partition coefficient (Wildman–Crippen LogP) is 3.36. The highest BCUT2D eigenvalue weighted by molar-refractivity contribution is 5.39. The summed E-state index contributed by atoms with van der Waals surface area (Å²) in [6.45, 7) is 0. The number of nitro groups is 1. The standard InChI is InChI=1S/C6H4FNO2.C6H6FNO/c7-5-1-3-6(4-2-5)8(9)10;7-5-1-3-6(8-9)4-2-5/h1-4H;1-4,8-9H. The van der Waals surface area contributed by atoms with E-state index in [9.17, 15) is 18.9 Å². The minimum absolute atomic E-state index is 0.0959. The van der Waals surface area contributed by atoms with E-state index in [1.54, 1.807) is 0 Å².